The molecule has 0 spiro atoms. The molecule has 204 valence electrons. The molecule has 1 atom stereocenters. The third kappa shape index (κ3) is 5.86. The number of ether oxygens (including phenoxy) is 1. The molecule has 3 aliphatic rings. The van der Waals surface area contributed by atoms with Crippen molar-refractivity contribution in [2.45, 2.75) is 44.8 Å². The Morgan fingerprint density at radius 3 is 2.56 bits per heavy atom. The van der Waals surface area contributed by atoms with Gasteiger partial charge in [0.25, 0.3) is 5.91 Å². The van der Waals surface area contributed by atoms with E-state index < -0.39 is 0 Å². The van der Waals surface area contributed by atoms with Gasteiger partial charge in [0.2, 0.25) is 5.91 Å². The first-order chi connectivity index (χ1) is 19.0. The third-order valence-corrected chi connectivity index (χ3v) is 7.92. The Kier molecular flexibility index (Phi) is 7.37. The lowest BCUT2D eigenvalue weighted by atomic mass is 9.87. The molecule has 3 heterocycles. The first-order valence-electron chi connectivity index (χ1n) is 14.0. The van der Waals surface area contributed by atoms with Crippen molar-refractivity contribution in [2.75, 3.05) is 32.7 Å². The molecule has 8 heteroatoms. The van der Waals surface area contributed by atoms with E-state index in [1.807, 2.05) is 23.1 Å². The van der Waals surface area contributed by atoms with Gasteiger partial charge in [0.15, 0.2) is 5.76 Å². The molecule has 2 aliphatic heterocycles. The van der Waals surface area contributed by atoms with Crippen molar-refractivity contribution < 1.29 is 23.1 Å². The number of likely N-dealkylation sites (tertiary alicyclic amines) is 1. The van der Waals surface area contributed by atoms with E-state index in [1.54, 1.807) is 24.3 Å². The Bertz CT molecular complexity index is 1330. The topological polar surface area (TPSA) is 75.0 Å². The zero-order chi connectivity index (χ0) is 26.8. The molecule has 1 saturated carbocycles. The van der Waals surface area contributed by atoms with Crippen LogP contribution in [0.1, 0.15) is 64.7 Å². The molecule has 7 nitrogen and oxygen atoms in total. The molecule has 0 bridgehead atoms. The lowest BCUT2D eigenvalue weighted by molar-refractivity contribution is -0.134. The summed E-state index contributed by atoms with van der Waals surface area (Å²) in [6.45, 7) is 4.45. The summed E-state index contributed by atoms with van der Waals surface area (Å²) >= 11 is 0. The summed E-state index contributed by atoms with van der Waals surface area (Å²) in [4.78, 5) is 29.9. The van der Waals surface area contributed by atoms with Gasteiger partial charge >= 0.3 is 0 Å². The number of rotatable bonds is 9. The van der Waals surface area contributed by atoms with Gasteiger partial charge < -0.3 is 24.3 Å². The summed E-state index contributed by atoms with van der Waals surface area (Å²) in [7, 11) is 0. The van der Waals surface area contributed by atoms with Crippen molar-refractivity contribution in [1.82, 2.24) is 15.1 Å². The van der Waals surface area contributed by atoms with Gasteiger partial charge in [0, 0.05) is 25.6 Å². The van der Waals surface area contributed by atoms with E-state index in [2.05, 4.69) is 10.2 Å². The number of fused-ring (bicyclic) bond motifs is 1. The van der Waals surface area contributed by atoms with Crippen LogP contribution in [-0.2, 0) is 17.8 Å². The van der Waals surface area contributed by atoms with E-state index in [0.29, 0.717) is 24.6 Å². The lowest BCUT2D eigenvalue weighted by Crippen LogP contribution is -2.41. The molecule has 1 saturated heterocycles. The number of halogens is 1. The molecular formula is C31H34FN3O4. The minimum atomic E-state index is -0.301. The fourth-order valence-electron chi connectivity index (χ4n) is 5.64. The van der Waals surface area contributed by atoms with Crippen molar-refractivity contribution in [2.24, 2.45) is 5.92 Å². The molecular weight excluding hydrogens is 497 g/mol. The van der Waals surface area contributed by atoms with Crippen LogP contribution in [0.4, 0.5) is 4.39 Å². The molecule has 2 fully saturated rings. The Balaban J connectivity index is 1.13. The average molecular weight is 532 g/mol. The highest BCUT2D eigenvalue weighted by Gasteiger charge is 2.39. The number of amides is 2. The van der Waals surface area contributed by atoms with Crippen LogP contribution in [0.5, 0.6) is 5.75 Å². The predicted molar refractivity (Wildman–Crippen MR) is 144 cm³/mol. The van der Waals surface area contributed by atoms with E-state index in [9.17, 15) is 14.0 Å². The summed E-state index contributed by atoms with van der Waals surface area (Å²) < 4.78 is 25.5. The maximum Gasteiger partial charge on any atom is 0.287 e. The van der Waals surface area contributed by atoms with Gasteiger partial charge in [-0.1, -0.05) is 18.2 Å². The highest BCUT2D eigenvalue weighted by atomic mass is 19.1. The second-order valence-electron chi connectivity index (χ2n) is 10.7. The molecule has 3 aromatic rings. The molecule has 1 aliphatic carbocycles. The van der Waals surface area contributed by atoms with E-state index in [4.69, 9.17) is 9.15 Å². The minimum absolute atomic E-state index is 0.0968. The number of furan rings is 1. The predicted octanol–water partition coefficient (Wildman–Crippen LogP) is 4.71. The van der Waals surface area contributed by atoms with Crippen molar-refractivity contribution in [3.63, 3.8) is 0 Å². The number of hydrogen-bond donors (Lipinski definition) is 1. The Morgan fingerprint density at radius 1 is 1.00 bits per heavy atom. The fourth-order valence-corrected chi connectivity index (χ4v) is 5.64. The average Bonchev–Trinajstić information content (AvgIpc) is 3.46. The number of carbonyl (C=O) groups excluding carboxylic acids is 2. The van der Waals surface area contributed by atoms with E-state index >= 15 is 0 Å². The SMILES string of the molecule is O=C(NCCN1CCCC1)c1ccc(COc2ccc3c(c2)C(c2ccc(F)cc2)N(C(=O)C2CC2)CC3)o1. The smallest absolute Gasteiger partial charge is 0.287 e. The number of carbonyl (C=O) groups is 2. The van der Waals surface area contributed by atoms with Crippen molar-refractivity contribution in [3.8, 4) is 5.75 Å². The Hall–Kier alpha value is -3.65. The van der Waals surface area contributed by atoms with Crippen LogP contribution >= 0.6 is 0 Å². The van der Waals surface area contributed by atoms with Gasteiger partial charge in [-0.05, 0) is 98.3 Å². The minimum Gasteiger partial charge on any atom is -0.486 e. The van der Waals surface area contributed by atoms with Crippen LogP contribution in [0.25, 0.3) is 0 Å². The van der Waals surface area contributed by atoms with Crippen LogP contribution in [0.2, 0.25) is 0 Å². The first-order valence-corrected chi connectivity index (χ1v) is 14.0. The Labute approximate surface area is 227 Å². The van der Waals surface area contributed by atoms with E-state index in [-0.39, 0.29) is 42.0 Å². The van der Waals surface area contributed by atoms with Gasteiger partial charge in [0.1, 0.15) is 23.9 Å². The molecule has 39 heavy (non-hydrogen) atoms. The summed E-state index contributed by atoms with van der Waals surface area (Å²) in [5, 5.41) is 2.93. The van der Waals surface area contributed by atoms with E-state index in [1.165, 1.54) is 25.0 Å². The van der Waals surface area contributed by atoms with Crippen LogP contribution in [0.3, 0.4) is 0 Å². The highest BCUT2D eigenvalue weighted by Crippen LogP contribution is 2.41. The van der Waals surface area contributed by atoms with Crippen LogP contribution in [0.15, 0.2) is 59.0 Å². The maximum absolute atomic E-state index is 13.7. The number of nitrogens with one attached hydrogen (secondary N) is 1. The largest absolute Gasteiger partial charge is 0.486 e. The second-order valence-corrected chi connectivity index (χ2v) is 10.7. The van der Waals surface area contributed by atoms with Gasteiger partial charge in [-0.25, -0.2) is 4.39 Å². The van der Waals surface area contributed by atoms with Crippen molar-refractivity contribution in [1.29, 1.82) is 0 Å². The molecule has 1 unspecified atom stereocenters. The van der Waals surface area contributed by atoms with Gasteiger partial charge in [0.05, 0.1) is 6.04 Å². The van der Waals surface area contributed by atoms with Crippen molar-refractivity contribution in [3.05, 3.63) is 88.6 Å². The first kappa shape index (κ1) is 25.6. The summed E-state index contributed by atoms with van der Waals surface area (Å²) in [6.07, 6.45) is 5.08. The zero-order valence-electron chi connectivity index (χ0n) is 22.0. The molecule has 6 rings (SSSR count). The van der Waals surface area contributed by atoms with Crippen LogP contribution < -0.4 is 10.1 Å². The zero-order valence-corrected chi connectivity index (χ0v) is 22.0. The molecule has 2 amide bonds. The summed E-state index contributed by atoms with van der Waals surface area (Å²) in [5.41, 5.74) is 3.04. The van der Waals surface area contributed by atoms with Crippen molar-refractivity contribution >= 4 is 11.8 Å². The number of benzene rings is 2. The molecule has 2 aromatic carbocycles. The standard InChI is InChI=1S/C31H34FN3O4/c32-24-8-5-22(6-9-24)29-27-19-25(10-7-21(27)13-17-35(29)31(37)23-3-4-23)38-20-26-11-12-28(39-26)30(36)33-14-18-34-15-1-2-16-34/h5-12,19,23,29H,1-4,13-18,20H2,(H,33,36). The number of nitrogens with zero attached hydrogens (tertiary/aromatic N) is 2. The highest BCUT2D eigenvalue weighted by molar-refractivity contribution is 5.91. The molecule has 1 N–H and O–H groups in total. The lowest BCUT2D eigenvalue weighted by Gasteiger charge is -2.38. The van der Waals surface area contributed by atoms with Crippen LogP contribution in [0, 0.1) is 11.7 Å². The maximum atomic E-state index is 13.7. The Morgan fingerprint density at radius 2 is 1.79 bits per heavy atom. The monoisotopic (exact) mass is 531 g/mol. The number of hydrogen-bond acceptors (Lipinski definition) is 5. The van der Waals surface area contributed by atoms with Gasteiger partial charge in [-0.3, -0.25) is 9.59 Å². The fraction of sp³-hybridized carbons (Fsp3) is 0.419. The van der Waals surface area contributed by atoms with Gasteiger partial charge in [-0.2, -0.15) is 0 Å². The summed E-state index contributed by atoms with van der Waals surface area (Å²) in [6, 6.07) is 15.5. The molecule has 0 radical (unpaired) electrons. The van der Waals surface area contributed by atoms with E-state index in [0.717, 1.165) is 55.6 Å². The normalized spacial score (nSPS) is 19.1. The third-order valence-electron chi connectivity index (χ3n) is 7.92. The van der Waals surface area contributed by atoms with Gasteiger partial charge in [-0.15, -0.1) is 0 Å². The van der Waals surface area contributed by atoms with Crippen LogP contribution in [-0.4, -0.2) is 54.3 Å². The quantitative estimate of drug-likeness (QED) is 0.433. The second kappa shape index (κ2) is 11.2. The summed E-state index contributed by atoms with van der Waals surface area (Å²) in [5.74, 6) is 1.21. The molecule has 1 aromatic heterocycles.